The van der Waals surface area contributed by atoms with Crippen molar-refractivity contribution in [2.75, 3.05) is 25.0 Å². The first-order valence-electron chi connectivity index (χ1n) is 9.77. The average Bonchev–Trinajstić information content (AvgIpc) is 2.74. The first kappa shape index (κ1) is 18.4. The smallest absolute Gasteiger partial charge is 0.407 e. The Morgan fingerprint density at radius 3 is 2.86 bits per heavy atom. The molecule has 0 spiro atoms. The lowest BCUT2D eigenvalue weighted by Gasteiger charge is -2.42. The van der Waals surface area contributed by atoms with Gasteiger partial charge in [-0.1, -0.05) is 0 Å². The summed E-state index contributed by atoms with van der Waals surface area (Å²) in [5.74, 6) is 1.14. The molecule has 8 nitrogen and oxygen atoms in total. The van der Waals surface area contributed by atoms with Crippen LogP contribution >= 0.6 is 0 Å². The van der Waals surface area contributed by atoms with Crippen LogP contribution in [0, 0.1) is 17.2 Å². The summed E-state index contributed by atoms with van der Waals surface area (Å²) >= 11 is 0. The highest BCUT2D eigenvalue weighted by molar-refractivity contribution is 5.89. The van der Waals surface area contributed by atoms with Crippen LogP contribution in [0.1, 0.15) is 31.2 Å². The molecule has 2 heterocycles. The molecule has 1 aliphatic heterocycles. The van der Waals surface area contributed by atoms with Gasteiger partial charge in [-0.05, 0) is 49.8 Å². The van der Waals surface area contributed by atoms with E-state index in [0.29, 0.717) is 18.0 Å². The third-order valence-electron chi connectivity index (χ3n) is 5.95. The number of hydrogen-bond acceptors (Lipinski definition) is 6. The minimum absolute atomic E-state index is 0.0604. The van der Waals surface area contributed by atoms with Crippen molar-refractivity contribution in [3.63, 3.8) is 0 Å². The van der Waals surface area contributed by atoms with Gasteiger partial charge in [0.2, 0.25) is 0 Å². The van der Waals surface area contributed by atoms with Gasteiger partial charge in [-0.15, -0.1) is 0 Å². The Morgan fingerprint density at radius 1 is 1.29 bits per heavy atom. The molecule has 3 N–H and O–H groups in total. The lowest BCUT2D eigenvalue weighted by molar-refractivity contribution is 0.0780. The third kappa shape index (κ3) is 3.71. The van der Waals surface area contributed by atoms with Gasteiger partial charge in [-0.2, -0.15) is 5.26 Å². The Bertz CT molecular complexity index is 903. The molecule has 2 aliphatic rings. The number of fused-ring (bicyclic) bond motifs is 1. The number of carbonyl (C=O) groups is 1. The van der Waals surface area contributed by atoms with Gasteiger partial charge in [0.1, 0.15) is 12.1 Å². The van der Waals surface area contributed by atoms with Crippen LogP contribution in [0.25, 0.3) is 10.9 Å². The molecule has 1 aromatic heterocycles. The van der Waals surface area contributed by atoms with Crippen molar-refractivity contribution in [2.24, 2.45) is 5.92 Å². The lowest BCUT2D eigenvalue weighted by Crippen LogP contribution is -2.56. The number of carboxylic acid groups (broad SMARTS) is 1. The predicted octanol–water partition coefficient (Wildman–Crippen LogP) is 2.42. The molecular weight excluding hydrogens is 356 g/mol. The Hall–Kier alpha value is -2.92. The van der Waals surface area contributed by atoms with Crippen molar-refractivity contribution in [1.82, 2.24) is 20.2 Å². The van der Waals surface area contributed by atoms with Crippen molar-refractivity contribution in [1.29, 1.82) is 5.26 Å². The Morgan fingerprint density at radius 2 is 2.11 bits per heavy atom. The highest BCUT2D eigenvalue weighted by atomic mass is 16.4. The van der Waals surface area contributed by atoms with Crippen molar-refractivity contribution in [3.05, 3.63) is 30.1 Å². The van der Waals surface area contributed by atoms with Crippen molar-refractivity contribution in [3.8, 4) is 6.07 Å². The standard InChI is InChI=1S/C20H24N6O2/c21-10-13-1-6-17-16(9-13)19(24-12-23-17)25-15-4-2-14(3-5-15)18-11-22-7-8-26(18)20(27)28/h1,6,9,12,14-15,18,22H,2-5,7-8,11H2,(H,27,28)(H,23,24,25)/t14?,15?,18-/m1/s1. The van der Waals surface area contributed by atoms with E-state index in [4.69, 9.17) is 5.26 Å². The van der Waals surface area contributed by atoms with Crippen molar-refractivity contribution in [2.45, 2.75) is 37.8 Å². The van der Waals surface area contributed by atoms with Crippen LogP contribution < -0.4 is 10.6 Å². The first-order valence-corrected chi connectivity index (χ1v) is 9.77. The summed E-state index contributed by atoms with van der Waals surface area (Å²) in [6.07, 6.45) is 4.64. The number of rotatable bonds is 3. The molecule has 28 heavy (non-hydrogen) atoms. The summed E-state index contributed by atoms with van der Waals surface area (Å²) in [6, 6.07) is 7.93. The van der Waals surface area contributed by atoms with Gasteiger partial charge in [0, 0.05) is 31.1 Å². The van der Waals surface area contributed by atoms with Gasteiger partial charge in [-0.25, -0.2) is 14.8 Å². The second-order valence-electron chi connectivity index (χ2n) is 7.57. The number of nitrogens with zero attached hydrogens (tertiary/aromatic N) is 4. The van der Waals surface area contributed by atoms with E-state index >= 15 is 0 Å². The van der Waals surface area contributed by atoms with Crippen LogP contribution in [-0.2, 0) is 0 Å². The monoisotopic (exact) mass is 380 g/mol. The summed E-state index contributed by atoms with van der Waals surface area (Å²) in [6.45, 7) is 2.03. The molecule has 1 atom stereocenters. The highest BCUT2D eigenvalue weighted by Gasteiger charge is 2.35. The van der Waals surface area contributed by atoms with Gasteiger partial charge in [0.25, 0.3) is 0 Å². The number of anilines is 1. The maximum absolute atomic E-state index is 11.5. The molecule has 2 fully saturated rings. The molecule has 1 saturated heterocycles. The van der Waals surface area contributed by atoms with E-state index < -0.39 is 6.09 Å². The Labute approximate surface area is 163 Å². The van der Waals surface area contributed by atoms with Crippen LogP contribution in [0.3, 0.4) is 0 Å². The fourth-order valence-electron chi connectivity index (χ4n) is 4.47. The molecule has 2 aromatic rings. The van der Waals surface area contributed by atoms with E-state index in [1.54, 1.807) is 17.3 Å². The fraction of sp³-hybridized carbons (Fsp3) is 0.500. The maximum atomic E-state index is 11.5. The predicted molar refractivity (Wildman–Crippen MR) is 105 cm³/mol. The number of nitriles is 1. The third-order valence-corrected chi connectivity index (χ3v) is 5.95. The van der Waals surface area contributed by atoms with E-state index in [-0.39, 0.29) is 12.1 Å². The Balaban J connectivity index is 1.43. The SMILES string of the molecule is N#Cc1ccc2ncnc(NC3CCC([C@H]4CNCCN4C(=O)O)CC3)c2c1. The number of amides is 1. The van der Waals surface area contributed by atoms with Crippen LogP contribution in [0.2, 0.25) is 0 Å². The van der Waals surface area contributed by atoms with Gasteiger partial charge >= 0.3 is 6.09 Å². The molecule has 1 amide bonds. The van der Waals surface area contributed by atoms with Gasteiger partial charge < -0.3 is 20.6 Å². The molecule has 0 radical (unpaired) electrons. The molecule has 1 aromatic carbocycles. The van der Waals surface area contributed by atoms with Gasteiger partial charge in [-0.3, -0.25) is 0 Å². The minimum Gasteiger partial charge on any atom is -0.465 e. The first-order chi connectivity index (χ1) is 13.7. The zero-order chi connectivity index (χ0) is 19.5. The number of piperazine rings is 1. The average molecular weight is 380 g/mol. The minimum atomic E-state index is -0.812. The second kappa shape index (κ2) is 7.98. The summed E-state index contributed by atoms with van der Waals surface area (Å²) < 4.78 is 0. The summed E-state index contributed by atoms with van der Waals surface area (Å²) in [7, 11) is 0. The zero-order valence-corrected chi connectivity index (χ0v) is 15.6. The van der Waals surface area contributed by atoms with E-state index in [0.717, 1.165) is 55.5 Å². The molecule has 146 valence electrons. The van der Waals surface area contributed by atoms with Crippen LogP contribution in [-0.4, -0.2) is 57.8 Å². The number of benzene rings is 1. The molecular formula is C20H24N6O2. The molecule has 1 saturated carbocycles. The van der Waals surface area contributed by atoms with E-state index in [1.165, 1.54) is 0 Å². The number of aromatic nitrogens is 2. The fourth-order valence-corrected chi connectivity index (χ4v) is 4.47. The van der Waals surface area contributed by atoms with E-state index in [2.05, 4.69) is 26.7 Å². The Kier molecular flexibility index (Phi) is 5.26. The van der Waals surface area contributed by atoms with Crippen molar-refractivity contribution >= 4 is 22.8 Å². The molecule has 4 rings (SSSR count). The normalized spacial score (nSPS) is 25.2. The molecule has 8 heteroatoms. The second-order valence-corrected chi connectivity index (χ2v) is 7.57. The van der Waals surface area contributed by atoms with E-state index in [9.17, 15) is 9.90 Å². The summed E-state index contributed by atoms with van der Waals surface area (Å²) in [4.78, 5) is 21.8. The van der Waals surface area contributed by atoms with Crippen LogP contribution in [0.15, 0.2) is 24.5 Å². The molecule has 1 aliphatic carbocycles. The molecule has 0 unspecified atom stereocenters. The highest BCUT2D eigenvalue weighted by Crippen LogP contribution is 2.32. The number of nitrogens with one attached hydrogen (secondary N) is 2. The maximum Gasteiger partial charge on any atom is 0.407 e. The lowest BCUT2D eigenvalue weighted by atomic mass is 9.80. The topological polar surface area (TPSA) is 114 Å². The van der Waals surface area contributed by atoms with E-state index in [1.807, 2.05) is 12.1 Å². The van der Waals surface area contributed by atoms with Crippen LogP contribution in [0.4, 0.5) is 10.6 Å². The summed E-state index contributed by atoms with van der Waals surface area (Å²) in [5.41, 5.74) is 1.41. The van der Waals surface area contributed by atoms with Crippen molar-refractivity contribution < 1.29 is 9.90 Å². The number of hydrogen-bond donors (Lipinski definition) is 3. The largest absolute Gasteiger partial charge is 0.465 e. The quantitative estimate of drug-likeness (QED) is 0.749. The zero-order valence-electron chi connectivity index (χ0n) is 15.6. The summed E-state index contributed by atoms with van der Waals surface area (Å²) in [5, 5.41) is 26.4. The molecule has 0 bridgehead atoms. The van der Waals surface area contributed by atoms with Crippen LogP contribution in [0.5, 0.6) is 0 Å². The van der Waals surface area contributed by atoms with Gasteiger partial charge in [0.15, 0.2) is 0 Å². The van der Waals surface area contributed by atoms with Gasteiger partial charge in [0.05, 0.1) is 23.2 Å².